The monoisotopic (exact) mass is 320 g/mol. The summed E-state index contributed by atoms with van der Waals surface area (Å²) in [7, 11) is 2.09. The number of nitrogens with zero attached hydrogens (tertiary/aromatic N) is 3. The molecular formula is C16H21ClN4O. The van der Waals surface area contributed by atoms with Crippen molar-refractivity contribution in [3.8, 4) is 0 Å². The van der Waals surface area contributed by atoms with Crippen molar-refractivity contribution in [3.63, 3.8) is 0 Å². The molecule has 1 N–H and O–H groups in total. The second kappa shape index (κ2) is 7.54. The van der Waals surface area contributed by atoms with Gasteiger partial charge in [-0.3, -0.25) is 4.90 Å². The third-order valence-corrected chi connectivity index (χ3v) is 3.73. The first-order valence-electron chi connectivity index (χ1n) is 7.22. The number of rotatable bonds is 3. The number of hydrogen-bond acceptors (Lipinski definition) is 5. The summed E-state index contributed by atoms with van der Waals surface area (Å²) in [6.45, 7) is 4.93. The molecule has 1 aliphatic heterocycles. The van der Waals surface area contributed by atoms with E-state index in [1.807, 2.05) is 18.2 Å². The van der Waals surface area contributed by atoms with E-state index in [-0.39, 0.29) is 18.4 Å². The van der Waals surface area contributed by atoms with Crippen molar-refractivity contribution in [2.75, 3.05) is 26.7 Å². The molecule has 22 heavy (non-hydrogen) atoms. The fraction of sp³-hybridized carbons (Fsp3) is 0.375. The molecule has 0 saturated carbocycles. The van der Waals surface area contributed by atoms with Crippen molar-refractivity contribution in [2.24, 2.45) is 0 Å². The number of aryl methyl sites for hydroxylation is 1. The molecule has 1 unspecified atom stereocenters. The molecule has 1 aromatic carbocycles. The van der Waals surface area contributed by atoms with Crippen molar-refractivity contribution in [1.82, 2.24) is 20.4 Å². The van der Waals surface area contributed by atoms with Crippen LogP contribution in [0, 0.1) is 6.92 Å². The summed E-state index contributed by atoms with van der Waals surface area (Å²) in [6, 6.07) is 8.47. The largest absolute Gasteiger partial charge is 0.335 e. The lowest BCUT2D eigenvalue weighted by Gasteiger charge is -2.30. The minimum absolute atomic E-state index is 0. The zero-order valence-electron chi connectivity index (χ0n) is 12.8. The highest BCUT2D eigenvalue weighted by Crippen LogP contribution is 2.18. The summed E-state index contributed by atoms with van der Waals surface area (Å²) in [5.74, 6) is 1.29. The number of benzene rings is 1. The van der Waals surface area contributed by atoms with Gasteiger partial charge in [-0.2, -0.15) is 4.98 Å². The molecular weight excluding hydrogens is 300 g/mol. The maximum Gasteiger partial charge on any atom is 0.250 e. The Balaban J connectivity index is 0.00000176. The van der Waals surface area contributed by atoms with Crippen molar-refractivity contribution < 1.29 is 4.52 Å². The Labute approximate surface area is 136 Å². The number of halogens is 1. The molecule has 1 atom stereocenters. The average Bonchev–Trinajstić information content (AvgIpc) is 2.94. The summed E-state index contributed by atoms with van der Waals surface area (Å²) < 4.78 is 5.32. The summed E-state index contributed by atoms with van der Waals surface area (Å²) in [4.78, 5) is 6.72. The first-order valence-corrected chi connectivity index (χ1v) is 7.22. The Morgan fingerprint density at radius 2 is 2.23 bits per heavy atom. The molecule has 3 rings (SSSR count). The van der Waals surface area contributed by atoms with Crippen LogP contribution in [0.25, 0.3) is 12.2 Å². The van der Waals surface area contributed by atoms with Gasteiger partial charge in [0, 0.05) is 25.7 Å². The van der Waals surface area contributed by atoms with Gasteiger partial charge < -0.3 is 9.84 Å². The van der Waals surface area contributed by atoms with E-state index in [1.54, 1.807) is 0 Å². The van der Waals surface area contributed by atoms with Crippen LogP contribution in [0.15, 0.2) is 28.8 Å². The highest BCUT2D eigenvalue weighted by molar-refractivity contribution is 5.85. The van der Waals surface area contributed by atoms with Crippen LogP contribution < -0.4 is 5.32 Å². The minimum Gasteiger partial charge on any atom is -0.335 e. The molecule has 1 aromatic heterocycles. The van der Waals surface area contributed by atoms with Gasteiger partial charge in [-0.15, -0.1) is 12.4 Å². The molecule has 0 amide bonds. The van der Waals surface area contributed by atoms with E-state index in [0.717, 1.165) is 31.0 Å². The number of hydrogen-bond donors (Lipinski definition) is 1. The van der Waals surface area contributed by atoms with Crippen LogP contribution in [0.3, 0.4) is 0 Å². The van der Waals surface area contributed by atoms with E-state index in [4.69, 9.17) is 4.52 Å². The molecule has 118 valence electrons. The lowest BCUT2D eigenvalue weighted by molar-refractivity contribution is 0.190. The Bertz CT molecular complexity index is 641. The highest BCUT2D eigenvalue weighted by Gasteiger charge is 2.24. The summed E-state index contributed by atoms with van der Waals surface area (Å²) in [5.41, 5.74) is 2.37. The van der Waals surface area contributed by atoms with Crippen LogP contribution in [0.5, 0.6) is 0 Å². The van der Waals surface area contributed by atoms with Crippen LogP contribution in [-0.4, -0.2) is 41.7 Å². The van der Waals surface area contributed by atoms with Gasteiger partial charge in [-0.25, -0.2) is 0 Å². The topological polar surface area (TPSA) is 54.2 Å². The summed E-state index contributed by atoms with van der Waals surface area (Å²) in [6.07, 6.45) is 3.86. The van der Waals surface area contributed by atoms with Gasteiger partial charge in [-0.05, 0) is 25.6 Å². The maximum atomic E-state index is 5.32. The maximum absolute atomic E-state index is 5.32. The zero-order chi connectivity index (χ0) is 14.7. The van der Waals surface area contributed by atoms with Gasteiger partial charge >= 0.3 is 0 Å². The average molecular weight is 321 g/mol. The second-order valence-corrected chi connectivity index (χ2v) is 5.44. The zero-order valence-corrected chi connectivity index (χ0v) is 13.6. The summed E-state index contributed by atoms with van der Waals surface area (Å²) in [5, 5.41) is 7.46. The number of aromatic nitrogens is 2. The third-order valence-electron chi connectivity index (χ3n) is 3.73. The molecule has 1 saturated heterocycles. The lowest BCUT2D eigenvalue weighted by atomic mass is 10.1. The van der Waals surface area contributed by atoms with Gasteiger partial charge in [-0.1, -0.05) is 35.0 Å². The number of piperazine rings is 1. The van der Waals surface area contributed by atoms with E-state index >= 15 is 0 Å². The Kier molecular flexibility index (Phi) is 5.71. The molecule has 0 bridgehead atoms. The van der Waals surface area contributed by atoms with Gasteiger partial charge in [0.15, 0.2) is 5.82 Å². The Morgan fingerprint density at radius 3 is 3.00 bits per heavy atom. The quantitative estimate of drug-likeness (QED) is 0.942. The van der Waals surface area contributed by atoms with Crippen LogP contribution in [0.2, 0.25) is 0 Å². The molecule has 1 aliphatic rings. The van der Waals surface area contributed by atoms with Crippen molar-refractivity contribution in [3.05, 3.63) is 47.1 Å². The van der Waals surface area contributed by atoms with E-state index in [1.165, 1.54) is 5.56 Å². The van der Waals surface area contributed by atoms with Crippen molar-refractivity contribution >= 4 is 24.6 Å². The Morgan fingerprint density at radius 1 is 1.36 bits per heavy atom. The predicted octanol–water partition coefficient (Wildman–Crippen LogP) is 2.55. The van der Waals surface area contributed by atoms with Crippen LogP contribution in [0.1, 0.15) is 28.9 Å². The van der Waals surface area contributed by atoms with Gasteiger partial charge in [0.2, 0.25) is 0 Å². The van der Waals surface area contributed by atoms with Gasteiger partial charge in [0.05, 0.1) is 6.04 Å². The molecule has 0 radical (unpaired) electrons. The third kappa shape index (κ3) is 3.94. The standard InChI is InChI=1S/C16H20N4O.ClH/c1-12-4-3-5-13(10-12)6-7-15-18-16(19-21-15)14-11-17-8-9-20(14)2;/h3-7,10,14,17H,8-9,11H2,1-2H3;1H/b7-6+;. The van der Waals surface area contributed by atoms with E-state index < -0.39 is 0 Å². The van der Waals surface area contributed by atoms with Crippen LogP contribution in [-0.2, 0) is 0 Å². The SMILES string of the molecule is Cc1cccc(/C=C/c2nc(C3CNCCN3C)no2)c1.Cl. The molecule has 6 heteroatoms. The minimum atomic E-state index is 0. The normalized spacial score (nSPS) is 19.3. The molecule has 0 aliphatic carbocycles. The summed E-state index contributed by atoms with van der Waals surface area (Å²) >= 11 is 0. The van der Waals surface area contributed by atoms with E-state index in [0.29, 0.717) is 5.89 Å². The number of likely N-dealkylation sites (N-methyl/N-ethyl adjacent to an activating group) is 1. The van der Waals surface area contributed by atoms with E-state index in [9.17, 15) is 0 Å². The smallest absolute Gasteiger partial charge is 0.250 e. The van der Waals surface area contributed by atoms with E-state index in [2.05, 4.69) is 52.5 Å². The molecule has 0 spiro atoms. The molecule has 5 nitrogen and oxygen atoms in total. The van der Waals surface area contributed by atoms with Gasteiger partial charge in [0.1, 0.15) is 0 Å². The highest BCUT2D eigenvalue weighted by atomic mass is 35.5. The first kappa shape index (κ1) is 16.7. The predicted molar refractivity (Wildman–Crippen MR) is 89.9 cm³/mol. The Hall–Kier alpha value is -1.69. The van der Waals surface area contributed by atoms with Crippen LogP contribution >= 0.6 is 12.4 Å². The number of nitrogens with one attached hydrogen (secondary N) is 1. The molecule has 2 heterocycles. The molecule has 1 fully saturated rings. The van der Waals surface area contributed by atoms with Crippen molar-refractivity contribution in [1.29, 1.82) is 0 Å². The second-order valence-electron chi connectivity index (χ2n) is 5.44. The first-order chi connectivity index (χ1) is 10.2. The van der Waals surface area contributed by atoms with Gasteiger partial charge in [0.25, 0.3) is 5.89 Å². The fourth-order valence-electron chi connectivity index (χ4n) is 2.49. The molecule has 2 aromatic rings. The van der Waals surface area contributed by atoms with Crippen molar-refractivity contribution in [2.45, 2.75) is 13.0 Å². The van der Waals surface area contributed by atoms with Crippen LogP contribution in [0.4, 0.5) is 0 Å². The lowest BCUT2D eigenvalue weighted by Crippen LogP contribution is -2.44. The fourth-order valence-corrected chi connectivity index (χ4v) is 2.49.